The van der Waals surface area contributed by atoms with Gasteiger partial charge in [-0.2, -0.15) is 0 Å². The molecule has 0 aliphatic carbocycles. The number of amides is 3. The van der Waals surface area contributed by atoms with Crippen molar-refractivity contribution in [1.82, 2.24) is 4.90 Å². The van der Waals surface area contributed by atoms with Crippen molar-refractivity contribution in [3.63, 3.8) is 0 Å². The predicted octanol–water partition coefficient (Wildman–Crippen LogP) is 2.23. The van der Waals surface area contributed by atoms with Crippen LogP contribution in [0.5, 0.6) is 11.5 Å². The maximum atomic E-state index is 12.6. The summed E-state index contributed by atoms with van der Waals surface area (Å²) in [6.45, 7) is 2.18. The van der Waals surface area contributed by atoms with Gasteiger partial charge in [-0.05, 0) is 43.7 Å². The molecule has 0 bridgehead atoms. The third kappa shape index (κ3) is 4.51. The molecular formula is C23H22N2O8. The second-order valence-corrected chi connectivity index (χ2v) is 7.47. The molecule has 0 spiro atoms. The van der Waals surface area contributed by atoms with Gasteiger partial charge in [0.15, 0.2) is 17.6 Å². The molecule has 1 N–H and O–H groups in total. The van der Waals surface area contributed by atoms with Crippen molar-refractivity contribution >= 4 is 29.4 Å². The Kier molecular flexibility index (Phi) is 6.27. The van der Waals surface area contributed by atoms with Gasteiger partial charge in [0, 0.05) is 32.0 Å². The molecule has 2 heterocycles. The number of esters is 1. The van der Waals surface area contributed by atoms with Gasteiger partial charge in [-0.25, -0.2) is 4.79 Å². The number of nitrogens with one attached hydrogen (secondary N) is 1. The Hall–Kier alpha value is -3.92. The minimum atomic E-state index is -1.11. The van der Waals surface area contributed by atoms with Crippen LogP contribution in [0, 0.1) is 0 Å². The first-order chi connectivity index (χ1) is 15.9. The second kappa shape index (κ2) is 9.29. The van der Waals surface area contributed by atoms with Crippen LogP contribution in [0.2, 0.25) is 0 Å². The Labute approximate surface area is 189 Å². The molecule has 33 heavy (non-hydrogen) atoms. The van der Waals surface area contributed by atoms with E-state index >= 15 is 0 Å². The van der Waals surface area contributed by atoms with Gasteiger partial charge in [0.25, 0.3) is 17.7 Å². The van der Waals surface area contributed by atoms with Crippen LogP contribution in [0.25, 0.3) is 0 Å². The molecule has 2 aromatic carbocycles. The van der Waals surface area contributed by atoms with Gasteiger partial charge >= 0.3 is 5.97 Å². The van der Waals surface area contributed by atoms with E-state index in [2.05, 4.69) is 5.32 Å². The Morgan fingerprint density at radius 1 is 1.06 bits per heavy atom. The molecule has 4 rings (SSSR count). The van der Waals surface area contributed by atoms with E-state index in [1.807, 2.05) is 0 Å². The van der Waals surface area contributed by atoms with E-state index < -0.39 is 29.8 Å². The van der Waals surface area contributed by atoms with Crippen LogP contribution in [0.3, 0.4) is 0 Å². The van der Waals surface area contributed by atoms with Crippen LogP contribution in [0.4, 0.5) is 5.69 Å². The van der Waals surface area contributed by atoms with Crippen LogP contribution in [-0.4, -0.2) is 61.7 Å². The molecule has 0 radical (unpaired) electrons. The van der Waals surface area contributed by atoms with Gasteiger partial charge in [0.1, 0.15) is 0 Å². The highest BCUT2D eigenvalue weighted by molar-refractivity contribution is 6.22. The van der Waals surface area contributed by atoms with Crippen molar-refractivity contribution in [2.24, 2.45) is 0 Å². The lowest BCUT2D eigenvalue weighted by molar-refractivity contribution is -0.123. The standard InChI is InChI=1S/C23H22N2O8/c1-13(20(26)24-15-5-7-18-19(11-15)32-12-31-18)33-23(29)14-4-6-16-17(10-14)22(28)25(21(16)27)8-3-9-30-2/h4-7,10-11,13H,3,8-9,12H2,1-2H3,(H,24,26)/t13-/m0/s1. The number of methoxy groups -OCH3 is 1. The van der Waals surface area contributed by atoms with Crippen LogP contribution >= 0.6 is 0 Å². The predicted molar refractivity (Wildman–Crippen MR) is 114 cm³/mol. The average Bonchev–Trinajstić information content (AvgIpc) is 3.36. The van der Waals surface area contributed by atoms with E-state index in [9.17, 15) is 19.2 Å². The first kappa shape index (κ1) is 22.3. The van der Waals surface area contributed by atoms with Gasteiger partial charge < -0.3 is 24.3 Å². The summed E-state index contributed by atoms with van der Waals surface area (Å²) in [5.74, 6) is -1.14. The molecule has 0 saturated carbocycles. The number of carbonyl (C=O) groups is 4. The number of hydrogen-bond donors (Lipinski definition) is 1. The summed E-state index contributed by atoms with van der Waals surface area (Å²) in [7, 11) is 1.54. The van der Waals surface area contributed by atoms with Gasteiger partial charge in [-0.15, -0.1) is 0 Å². The van der Waals surface area contributed by atoms with Gasteiger partial charge in [-0.1, -0.05) is 0 Å². The molecule has 2 aliphatic heterocycles. The molecule has 0 fully saturated rings. The minimum Gasteiger partial charge on any atom is -0.454 e. The molecule has 2 aromatic rings. The number of fused-ring (bicyclic) bond motifs is 2. The molecule has 172 valence electrons. The smallest absolute Gasteiger partial charge is 0.338 e. The lowest BCUT2D eigenvalue weighted by atomic mass is 10.1. The number of imide groups is 1. The lowest BCUT2D eigenvalue weighted by Crippen LogP contribution is -2.31. The summed E-state index contributed by atoms with van der Waals surface area (Å²) in [6.07, 6.45) is -0.605. The molecule has 0 saturated heterocycles. The number of anilines is 1. The number of hydrogen-bond acceptors (Lipinski definition) is 8. The normalized spacial score (nSPS) is 14.8. The topological polar surface area (TPSA) is 120 Å². The zero-order valence-corrected chi connectivity index (χ0v) is 18.1. The lowest BCUT2D eigenvalue weighted by Gasteiger charge is -2.14. The Morgan fingerprint density at radius 2 is 1.82 bits per heavy atom. The van der Waals surface area contributed by atoms with E-state index in [1.54, 1.807) is 18.2 Å². The third-order valence-electron chi connectivity index (χ3n) is 5.23. The Balaban J connectivity index is 1.39. The summed E-state index contributed by atoms with van der Waals surface area (Å²) in [4.78, 5) is 51.3. The molecule has 10 heteroatoms. The van der Waals surface area contributed by atoms with Crippen molar-refractivity contribution in [3.8, 4) is 11.5 Å². The molecule has 1 atom stereocenters. The Morgan fingerprint density at radius 3 is 2.61 bits per heavy atom. The van der Waals surface area contributed by atoms with Crippen molar-refractivity contribution < 1.29 is 38.1 Å². The van der Waals surface area contributed by atoms with Crippen LogP contribution in [-0.2, 0) is 14.3 Å². The van der Waals surface area contributed by atoms with E-state index in [0.29, 0.717) is 30.2 Å². The molecule has 2 aliphatic rings. The number of carbonyl (C=O) groups excluding carboxylic acids is 4. The summed E-state index contributed by atoms with van der Waals surface area (Å²) >= 11 is 0. The number of rotatable bonds is 8. The molecule has 10 nitrogen and oxygen atoms in total. The average molecular weight is 454 g/mol. The molecule has 0 unspecified atom stereocenters. The second-order valence-electron chi connectivity index (χ2n) is 7.47. The number of ether oxygens (including phenoxy) is 4. The zero-order valence-electron chi connectivity index (χ0n) is 18.1. The number of benzene rings is 2. The molecule has 3 amide bonds. The molecule has 0 aromatic heterocycles. The summed E-state index contributed by atoms with van der Waals surface area (Å²) in [5.41, 5.74) is 0.880. The highest BCUT2D eigenvalue weighted by Gasteiger charge is 2.36. The van der Waals surface area contributed by atoms with Crippen LogP contribution in [0.1, 0.15) is 44.4 Å². The van der Waals surface area contributed by atoms with Crippen LogP contribution in [0.15, 0.2) is 36.4 Å². The first-order valence-corrected chi connectivity index (χ1v) is 10.3. The van der Waals surface area contributed by atoms with Crippen molar-refractivity contribution in [3.05, 3.63) is 53.1 Å². The fraction of sp³-hybridized carbons (Fsp3) is 0.304. The molecular weight excluding hydrogens is 432 g/mol. The largest absolute Gasteiger partial charge is 0.454 e. The van der Waals surface area contributed by atoms with E-state index in [4.69, 9.17) is 18.9 Å². The van der Waals surface area contributed by atoms with Crippen molar-refractivity contribution in [2.45, 2.75) is 19.4 Å². The first-order valence-electron chi connectivity index (χ1n) is 10.3. The zero-order chi connectivity index (χ0) is 23.5. The minimum absolute atomic E-state index is 0.0661. The quantitative estimate of drug-likeness (QED) is 0.366. The highest BCUT2D eigenvalue weighted by atomic mass is 16.7. The highest BCUT2D eigenvalue weighted by Crippen LogP contribution is 2.34. The van der Waals surface area contributed by atoms with Gasteiger partial charge in [-0.3, -0.25) is 19.3 Å². The van der Waals surface area contributed by atoms with Gasteiger partial charge in [0.2, 0.25) is 6.79 Å². The van der Waals surface area contributed by atoms with E-state index in [0.717, 1.165) is 4.90 Å². The fourth-order valence-electron chi connectivity index (χ4n) is 3.49. The van der Waals surface area contributed by atoms with Gasteiger partial charge in [0.05, 0.1) is 16.7 Å². The Bertz CT molecular complexity index is 1130. The van der Waals surface area contributed by atoms with Crippen LogP contribution < -0.4 is 14.8 Å². The van der Waals surface area contributed by atoms with Crippen molar-refractivity contribution in [1.29, 1.82) is 0 Å². The summed E-state index contributed by atoms with van der Waals surface area (Å²) in [5, 5.41) is 2.65. The fourth-order valence-corrected chi connectivity index (χ4v) is 3.49. The van der Waals surface area contributed by atoms with E-state index in [1.165, 1.54) is 32.2 Å². The number of nitrogens with zero attached hydrogens (tertiary/aromatic N) is 1. The third-order valence-corrected chi connectivity index (χ3v) is 5.23. The maximum Gasteiger partial charge on any atom is 0.338 e. The van der Waals surface area contributed by atoms with E-state index in [-0.39, 0.29) is 30.0 Å². The summed E-state index contributed by atoms with van der Waals surface area (Å²) in [6, 6.07) is 9.04. The maximum absolute atomic E-state index is 12.6. The van der Waals surface area contributed by atoms with Crippen molar-refractivity contribution in [2.75, 3.05) is 32.4 Å². The monoisotopic (exact) mass is 454 g/mol. The summed E-state index contributed by atoms with van der Waals surface area (Å²) < 4.78 is 20.7. The SMILES string of the molecule is COCCCN1C(=O)c2ccc(C(=O)O[C@@H](C)C(=O)Nc3ccc4c(c3)OCO4)cc2C1=O.